The Morgan fingerprint density at radius 1 is 0.625 bits per heavy atom. The molecule has 0 aliphatic carbocycles. The number of para-hydroxylation sites is 1. The summed E-state index contributed by atoms with van der Waals surface area (Å²) in [5.74, 6) is 2.47. The molecule has 7 aromatic rings. The van der Waals surface area contributed by atoms with Crippen LogP contribution in [-0.4, -0.2) is 19.3 Å². The normalized spacial score (nSPS) is 11.6. The topological polar surface area (TPSA) is 44.9 Å². The lowest BCUT2D eigenvalue weighted by Crippen LogP contribution is -2.02. The summed E-state index contributed by atoms with van der Waals surface area (Å²) in [6.07, 6.45) is 5.89. The molecule has 0 unspecified atom stereocenters. The molecule has 0 aliphatic rings. The molecule has 0 saturated carbocycles. The first-order chi connectivity index (χ1) is 23.3. The summed E-state index contributed by atoms with van der Waals surface area (Å²) in [6, 6.07) is 30.3. The first kappa shape index (κ1) is 31.4. The second-order valence-corrected chi connectivity index (χ2v) is 12.8. The SMILES string of the molecule is CCc1ccnc(-n2c3ccccc3c3ccc(Oc4cc(C)cc(-n5nc(C)c(-c6c(CC)cc(CC)cc6CC)c5C)c4)cc32)c1. The van der Waals surface area contributed by atoms with Crippen LogP contribution >= 0.6 is 0 Å². The van der Waals surface area contributed by atoms with Crippen molar-refractivity contribution in [3.05, 3.63) is 130 Å². The lowest BCUT2D eigenvalue weighted by molar-refractivity contribution is 0.482. The summed E-state index contributed by atoms with van der Waals surface area (Å²) in [7, 11) is 0. The van der Waals surface area contributed by atoms with Gasteiger partial charge in [-0.1, -0.05) is 58.0 Å². The molecule has 0 radical (unpaired) electrons. The maximum atomic E-state index is 6.65. The van der Waals surface area contributed by atoms with Gasteiger partial charge in [-0.05, 0) is 122 Å². The third-order valence-electron chi connectivity index (χ3n) is 9.68. The zero-order valence-corrected chi connectivity index (χ0v) is 29.2. The molecule has 0 fully saturated rings. The molecule has 5 heteroatoms. The number of hydrogen-bond acceptors (Lipinski definition) is 3. The predicted molar refractivity (Wildman–Crippen MR) is 199 cm³/mol. The number of aryl methyl sites for hydroxylation is 6. The van der Waals surface area contributed by atoms with Gasteiger partial charge in [0.2, 0.25) is 0 Å². The first-order valence-electron chi connectivity index (χ1n) is 17.3. The Bertz CT molecular complexity index is 2280. The number of benzene rings is 4. The van der Waals surface area contributed by atoms with Gasteiger partial charge in [-0.25, -0.2) is 9.67 Å². The number of hydrogen-bond donors (Lipinski definition) is 0. The fourth-order valence-corrected chi connectivity index (χ4v) is 7.29. The zero-order chi connectivity index (χ0) is 33.5. The van der Waals surface area contributed by atoms with Crippen molar-refractivity contribution in [3.63, 3.8) is 0 Å². The van der Waals surface area contributed by atoms with Crippen LogP contribution in [0, 0.1) is 20.8 Å². The van der Waals surface area contributed by atoms with Crippen LogP contribution in [0.1, 0.15) is 66.9 Å². The van der Waals surface area contributed by atoms with Crippen LogP contribution in [0.5, 0.6) is 11.5 Å². The molecule has 0 bridgehead atoms. The molecule has 0 N–H and O–H groups in total. The number of ether oxygens (including phenoxy) is 1. The molecular weight excluding hydrogens is 589 g/mol. The highest BCUT2D eigenvalue weighted by molar-refractivity contribution is 6.09. The molecule has 3 heterocycles. The minimum absolute atomic E-state index is 0.778. The fourth-order valence-electron chi connectivity index (χ4n) is 7.29. The minimum atomic E-state index is 0.778. The van der Waals surface area contributed by atoms with Crippen molar-refractivity contribution in [1.29, 1.82) is 0 Å². The van der Waals surface area contributed by atoms with Gasteiger partial charge in [0.25, 0.3) is 0 Å². The van der Waals surface area contributed by atoms with Gasteiger partial charge in [0, 0.05) is 40.4 Å². The molecule has 7 rings (SSSR count). The summed E-state index contributed by atoms with van der Waals surface area (Å²) in [5.41, 5.74) is 14.5. The summed E-state index contributed by atoms with van der Waals surface area (Å²) in [5, 5.41) is 7.48. The number of nitrogens with zero attached hydrogens (tertiary/aromatic N) is 4. The predicted octanol–water partition coefficient (Wildman–Crippen LogP) is 11.0. The third-order valence-corrected chi connectivity index (χ3v) is 9.68. The van der Waals surface area contributed by atoms with E-state index in [1.807, 2.05) is 6.20 Å². The Hall–Kier alpha value is -5.16. The lowest BCUT2D eigenvalue weighted by atomic mass is 9.88. The van der Waals surface area contributed by atoms with E-state index in [-0.39, 0.29) is 0 Å². The molecule has 0 amide bonds. The van der Waals surface area contributed by atoms with Crippen LogP contribution in [0.4, 0.5) is 0 Å². The quantitative estimate of drug-likeness (QED) is 0.159. The second-order valence-electron chi connectivity index (χ2n) is 12.8. The Kier molecular flexibility index (Phi) is 8.38. The van der Waals surface area contributed by atoms with Gasteiger partial charge >= 0.3 is 0 Å². The van der Waals surface area contributed by atoms with Crippen LogP contribution in [-0.2, 0) is 25.7 Å². The van der Waals surface area contributed by atoms with E-state index in [9.17, 15) is 0 Å². The van der Waals surface area contributed by atoms with Gasteiger partial charge in [-0.15, -0.1) is 0 Å². The molecule has 242 valence electrons. The smallest absolute Gasteiger partial charge is 0.137 e. The number of pyridine rings is 1. The molecule has 3 aromatic heterocycles. The zero-order valence-electron chi connectivity index (χ0n) is 29.2. The van der Waals surface area contributed by atoms with Crippen LogP contribution in [0.15, 0.2) is 91.1 Å². The Labute approximate surface area is 283 Å². The summed E-state index contributed by atoms with van der Waals surface area (Å²) < 4.78 is 11.0. The van der Waals surface area contributed by atoms with Crippen molar-refractivity contribution >= 4 is 21.8 Å². The summed E-state index contributed by atoms with van der Waals surface area (Å²) in [6.45, 7) is 15.4. The van der Waals surface area contributed by atoms with E-state index >= 15 is 0 Å². The second kappa shape index (κ2) is 12.8. The van der Waals surface area contributed by atoms with Crippen molar-refractivity contribution in [3.8, 4) is 34.1 Å². The fraction of sp³-hybridized carbons (Fsp3) is 0.256. The van der Waals surface area contributed by atoms with Gasteiger partial charge in [0.05, 0.1) is 22.4 Å². The third kappa shape index (κ3) is 5.47. The number of rotatable bonds is 9. The molecule has 48 heavy (non-hydrogen) atoms. The minimum Gasteiger partial charge on any atom is -0.457 e. The Morgan fingerprint density at radius 2 is 1.35 bits per heavy atom. The standard InChI is InChI=1S/C43H44N4O/c1-8-30-18-19-44-41(24-30)46-39-15-13-12-14-37(39)38-17-16-35(26-40(38)46)48-36-21-27(5)20-34(25-36)47-29(7)42(28(6)45-47)43-32(10-3)22-31(9-2)23-33(43)11-4/h12-26H,8-11H2,1-7H3. The van der Waals surface area contributed by atoms with Crippen LogP contribution < -0.4 is 4.74 Å². The van der Waals surface area contributed by atoms with Gasteiger partial charge in [-0.3, -0.25) is 4.57 Å². The number of fused-ring (bicyclic) bond motifs is 3. The van der Waals surface area contributed by atoms with Gasteiger partial charge in [0.15, 0.2) is 0 Å². The molecule has 0 spiro atoms. The van der Waals surface area contributed by atoms with Crippen molar-refractivity contribution in [1.82, 2.24) is 19.3 Å². The highest BCUT2D eigenvalue weighted by atomic mass is 16.5. The van der Waals surface area contributed by atoms with E-state index in [1.165, 1.54) is 44.2 Å². The molecule has 0 saturated heterocycles. The van der Waals surface area contributed by atoms with E-state index < -0.39 is 0 Å². The van der Waals surface area contributed by atoms with E-state index in [2.05, 4.69) is 143 Å². The van der Waals surface area contributed by atoms with Crippen LogP contribution in [0.3, 0.4) is 0 Å². The van der Waals surface area contributed by atoms with E-state index in [1.54, 1.807) is 0 Å². The molecule has 4 aromatic carbocycles. The van der Waals surface area contributed by atoms with Crippen LogP contribution in [0.25, 0.3) is 44.4 Å². The van der Waals surface area contributed by atoms with Crippen molar-refractivity contribution in [2.75, 3.05) is 0 Å². The maximum absolute atomic E-state index is 6.65. The van der Waals surface area contributed by atoms with Gasteiger partial charge in [-0.2, -0.15) is 5.10 Å². The Morgan fingerprint density at radius 3 is 2.08 bits per heavy atom. The Balaban J connectivity index is 1.30. The molecule has 0 aliphatic heterocycles. The average molecular weight is 633 g/mol. The summed E-state index contributed by atoms with van der Waals surface area (Å²) >= 11 is 0. The monoisotopic (exact) mass is 632 g/mol. The first-order valence-corrected chi connectivity index (χ1v) is 17.3. The largest absolute Gasteiger partial charge is 0.457 e. The van der Waals surface area contributed by atoms with E-state index in [0.717, 1.165) is 76.7 Å². The maximum Gasteiger partial charge on any atom is 0.137 e. The highest BCUT2D eigenvalue weighted by Crippen LogP contribution is 2.38. The van der Waals surface area contributed by atoms with Crippen molar-refractivity contribution in [2.24, 2.45) is 0 Å². The van der Waals surface area contributed by atoms with E-state index in [4.69, 9.17) is 14.8 Å². The van der Waals surface area contributed by atoms with Crippen molar-refractivity contribution in [2.45, 2.75) is 74.1 Å². The van der Waals surface area contributed by atoms with Crippen molar-refractivity contribution < 1.29 is 4.74 Å². The highest BCUT2D eigenvalue weighted by Gasteiger charge is 2.21. The lowest BCUT2D eigenvalue weighted by Gasteiger charge is -2.17. The van der Waals surface area contributed by atoms with E-state index in [0.29, 0.717) is 0 Å². The average Bonchev–Trinajstić information content (AvgIpc) is 3.59. The van der Waals surface area contributed by atoms with Crippen LogP contribution in [0.2, 0.25) is 0 Å². The van der Waals surface area contributed by atoms with Gasteiger partial charge in [0.1, 0.15) is 17.3 Å². The summed E-state index contributed by atoms with van der Waals surface area (Å²) in [4.78, 5) is 4.78. The number of aromatic nitrogens is 4. The molecular formula is C43H44N4O. The molecule has 5 nitrogen and oxygen atoms in total. The van der Waals surface area contributed by atoms with Gasteiger partial charge < -0.3 is 4.74 Å². The molecule has 0 atom stereocenters.